The molecule has 1 atom stereocenters. The molecular weight excluding hydrogens is 274 g/mol. The Kier molecular flexibility index (Phi) is 8.67. The number of benzene rings is 1. The Bertz CT molecular complexity index is 354. The lowest BCUT2D eigenvalue weighted by Crippen LogP contribution is -2.32. The average Bonchev–Trinajstić information content (AvgIpc) is 2.41. The fourth-order valence-electron chi connectivity index (χ4n) is 1.85. The van der Waals surface area contributed by atoms with Gasteiger partial charge in [-0.15, -0.1) is 0 Å². The third kappa shape index (κ3) is 8.41. The summed E-state index contributed by atoms with van der Waals surface area (Å²) >= 11 is 5.79. The Balaban J connectivity index is 2.03. The highest BCUT2D eigenvalue weighted by molar-refractivity contribution is 6.30. The number of hydrogen-bond donors (Lipinski definition) is 2. The molecule has 0 saturated carbocycles. The van der Waals surface area contributed by atoms with Crippen LogP contribution in [0.2, 0.25) is 5.02 Å². The van der Waals surface area contributed by atoms with Crippen molar-refractivity contribution in [3.63, 3.8) is 0 Å². The standard InChI is InChI=1S/C16H26ClNO2/c1-13(2)5-3-4-10-18-11-15(19)12-20-16-8-6-14(17)7-9-16/h6-9,13,15,18-19H,3-5,10-12H2,1-2H3. The molecule has 0 amide bonds. The van der Waals surface area contributed by atoms with Gasteiger partial charge in [0.15, 0.2) is 0 Å². The summed E-state index contributed by atoms with van der Waals surface area (Å²) in [6.07, 6.45) is 3.17. The Morgan fingerprint density at radius 2 is 1.90 bits per heavy atom. The molecule has 0 aromatic heterocycles. The van der Waals surface area contributed by atoms with E-state index in [4.69, 9.17) is 16.3 Å². The van der Waals surface area contributed by atoms with Gasteiger partial charge in [0.25, 0.3) is 0 Å². The summed E-state index contributed by atoms with van der Waals surface area (Å²) in [5.41, 5.74) is 0. The monoisotopic (exact) mass is 299 g/mol. The van der Waals surface area contributed by atoms with Crippen molar-refractivity contribution in [1.82, 2.24) is 5.32 Å². The maximum absolute atomic E-state index is 9.80. The molecule has 0 aliphatic carbocycles. The van der Waals surface area contributed by atoms with E-state index in [2.05, 4.69) is 19.2 Å². The van der Waals surface area contributed by atoms with Crippen molar-refractivity contribution in [2.24, 2.45) is 5.92 Å². The van der Waals surface area contributed by atoms with Crippen LogP contribution < -0.4 is 10.1 Å². The van der Waals surface area contributed by atoms with E-state index in [0.717, 1.165) is 24.6 Å². The molecule has 0 aliphatic heterocycles. The van der Waals surface area contributed by atoms with Crippen LogP contribution in [0.3, 0.4) is 0 Å². The summed E-state index contributed by atoms with van der Waals surface area (Å²) in [5.74, 6) is 1.50. The van der Waals surface area contributed by atoms with Crippen molar-refractivity contribution < 1.29 is 9.84 Å². The molecule has 1 aromatic rings. The minimum Gasteiger partial charge on any atom is -0.491 e. The van der Waals surface area contributed by atoms with Crippen molar-refractivity contribution in [3.05, 3.63) is 29.3 Å². The maximum atomic E-state index is 9.80. The summed E-state index contributed by atoms with van der Waals surface area (Å²) in [7, 11) is 0. The molecule has 1 unspecified atom stereocenters. The lowest BCUT2D eigenvalue weighted by molar-refractivity contribution is 0.106. The zero-order valence-corrected chi connectivity index (χ0v) is 13.2. The fraction of sp³-hybridized carbons (Fsp3) is 0.625. The van der Waals surface area contributed by atoms with Gasteiger partial charge in [0.05, 0.1) is 0 Å². The third-order valence-corrected chi connectivity index (χ3v) is 3.27. The molecule has 114 valence electrons. The van der Waals surface area contributed by atoms with Crippen LogP contribution in [0.15, 0.2) is 24.3 Å². The molecule has 20 heavy (non-hydrogen) atoms. The maximum Gasteiger partial charge on any atom is 0.119 e. The summed E-state index contributed by atoms with van der Waals surface area (Å²) in [6, 6.07) is 7.15. The van der Waals surface area contributed by atoms with Crippen molar-refractivity contribution in [2.75, 3.05) is 19.7 Å². The van der Waals surface area contributed by atoms with E-state index in [1.165, 1.54) is 12.8 Å². The van der Waals surface area contributed by atoms with Crippen molar-refractivity contribution >= 4 is 11.6 Å². The van der Waals surface area contributed by atoms with Crippen LogP contribution in [0.25, 0.3) is 0 Å². The number of aliphatic hydroxyl groups excluding tert-OH is 1. The minimum absolute atomic E-state index is 0.292. The van der Waals surface area contributed by atoms with E-state index in [-0.39, 0.29) is 0 Å². The Morgan fingerprint density at radius 1 is 1.20 bits per heavy atom. The van der Waals surface area contributed by atoms with Crippen LogP contribution in [-0.4, -0.2) is 30.9 Å². The van der Waals surface area contributed by atoms with Gasteiger partial charge in [-0.25, -0.2) is 0 Å². The molecule has 3 nitrogen and oxygen atoms in total. The van der Waals surface area contributed by atoms with Crippen LogP contribution >= 0.6 is 11.6 Å². The molecule has 4 heteroatoms. The van der Waals surface area contributed by atoms with Gasteiger partial charge in [0, 0.05) is 11.6 Å². The zero-order valence-electron chi connectivity index (χ0n) is 12.4. The predicted molar refractivity (Wildman–Crippen MR) is 84.5 cm³/mol. The zero-order chi connectivity index (χ0) is 14.8. The van der Waals surface area contributed by atoms with Gasteiger partial charge in [0.2, 0.25) is 0 Å². The largest absolute Gasteiger partial charge is 0.491 e. The number of ether oxygens (including phenoxy) is 1. The van der Waals surface area contributed by atoms with Crippen molar-refractivity contribution in [1.29, 1.82) is 0 Å². The third-order valence-electron chi connectivity index (χ3n) is 3.02. The summed E-state index contributed by atoms with van der Waals surface area (Å²) in [4.78, 5) is 0. The SMILES string of the molecule is CC(C)CCCCNCC(O)COc1ccc(Cl)cc1. The van der Waals surface area contributed by atoms with E-state index in [1.54, 1.807) is 24.3 Å². The van der Waals surface area contributed by atoms with Gasteiger partial charge < -0.3 is 15.2 Å². The van der Waals surface area contributed by atoms with Crippen LogP contribution in [0.4, 0.5) is 0 Å². The Labute approximate surface area is 127 Å². The molecular formula is C16H26ClNO2. The lowest BCUT2D eigenvalue weighted by Gasteiger charge is -2.13. The van der Waals surface area contributed by atoms with Gasteiger partial charge in [-0.05, 0) is 43.1 Å². The van der Waals surface area contributed by atoms with E-state index in [1.807, 2.05) is 0 Å². The Hall–Kier alpha value is -0.770. The second kappa shape index (κ2) is 10.0. The first-order valence-corrected chi connectivity index (χ1v) is 7.73. The van der Waals surface area contributed by atoms with Crippen LogP contribution in [0.5, 0.6) is 5.75 Å². The minimum atomic E-state index is -0.490. The molecule has 1 aromatic carbocycles. The highest BCUT2D eigenvalue weighted by Crippen LogP contribution is 2.15. The first kappa shape index (κ1) is 17.3. The van der Waals surface area contributed by atoms with Crippen molar-refractivity contribution in [2.45, 2.75) is 39.2 Å². The average molecular weight is 300 g/mol. The number of aliphatic hydroxyl groups is 1. The second-order valence-corrected chi connectivity index (χ2v) is 5.95. The van der Waals surface area contributed by atoms with E-state index in [0.29, 0.717) is 18.2 Å². The molecule has 2 N–H and O–H groups in total. The molecule has 0 aliphatic rings. The van der Waals surface area contributed by atoms with E-state index < -0.39 is 6.10 Å². The van der Waals surface area contributed by atoms with Crippen molar-refractivity contribution in [3.8, 4) is 5.75 Å². The fourth-order valence-corrected chi connectivity index (χ4v) is 1.98. The van der Waals surface area contributed by atoms with Gasteiger partial charge >= 0.3 is 0 Å². The first-order chi connectivity index (χ1) is 9.58. The predicted octanol–water partition coefficient (Wildman–Crippen LogP) is 3.50. The number of nitrogens with one attached hydrogen (secondary N) is 1. The number of rotatable bonds is 10. The molecule has 1 rings (SSSR count). The number of halogens is 1. The number of hydrogen-bond acceptors (Lipinski definition) is 3. The van der Waals surface area contributed by atoms with Crippen LogP contribution in [0.1, 0.15) is 33.1 Å². The van der Waals surface area contributed by atoms with E-state index >= 15 is 0 Å². The highest BCUT2D eigenvalue weighted by Gasteiger charge is 2.04. The van der Waals surface area contributed by atoms with Gasteiger partial charge in [-0.1, -0.05) is 38.3 Å². The molecule has 0 heterocycles. The lowest BCUT2D eigenvalue weighted by atomic mass is 10.1. The quantitative estimate of drug-likeness (QED) is 0.650. The summed E-state index contributed by atoms with van der Waals surface area (Å²) in [5, 5.41) is 13.7. The molecule has 0 bridgehead atoms. The first-order valence-electron chi connectivity index (χ1n) is 7.35. The molecule has 0 radical (unpaired) electrons. The van der Waals surface area contributed by atoms with Gasteiger partial charge in [-0.2, -0.15) is 0 Å². The topological polar surface area (TPSA) is 41.5 Å². The smallest absolute Gasteiger partial charge is 0.119 e. The van der Waals surface area contributed by atoms with Crippen LogP contribution in [-0.2, 0) is 0 Å². The molecule has 0 fully saturated rings. The molecule has 0 saturated heterocycles. The molecule has 0 spiro atoms. The summed E-state index contributed by atoms with van der Waals surface area (Å²) in [6.45, 7) is 6.29. The number of unbranched alkanes of at least 4 members (excludes halogenated alkanes) is 1. The highest BCUT2D eigenvalue weighted by atomic mass is 35.5. The normalized spacial score (nSPS) is 12.7. The summed E-state index contributed by atoms with van der Waals surface area (Å²) < 4.78 is 5.48. The second-order valence-electron chi connectivity index (χ2n) is 5.51. The van der Waals surface area contributed by atoms with Gasteiger partial charge in [0.1, 0.15) is 18.5 Å². The Morgan fingerprint density at radius 3 is 2.55 bits per heavy atom. The van der Waals surface area contributed by atoms with Crippen LogP contribution in [0, 0.1) is 5.92 Å². The van der Waals surface area contributed by atoms with Gasteiger partial charge in [-0.3, -0.25) is 0 Å². The van der Waals surface area contributed by atoms with E-state index in [9.17, 15) is 5.11 Å².